The van der Waals surface area contributed by atoms with E-state index in [1.807, 2.05) is 30.3 Å². The van der Waals surface area contributed by atoms with Gasteiger partial charge in [0.1, 0.15) is 11.5 Å². The van der Waals surface area contributed by atoms with Crippen LogP contribution in [0.1, 0.15) is 22.8 Å². The normalized spacial score (nSPS) is 18.8. The molecule has 2 aromatic rings. The third kappa shape index (κ3) is 2.73. The largest absolute Gasteiger partial charge is 0.497 e. The van der Waals surface area contributed by atoms with Gasteiger partial charge in [0.25, 0.3) is 0 Å². The van der Waals surface area contributed by atoms with Crippen LogP contribution in [0.5, 0.6) is 5.75 Å². The maximum atomic E-state index is 12.8. The van der Waals surface area contributed by atoms with Gasteiger partial charge in [-0.05, 0) is 24.3 Å². The molecule has 0 aliphatic carbocycles. The van der Waals surface area contributed by atoms with Crippen molar-refractivity contribution < 1.29 is 19.1 Å². The fraction of sp³-hybridized carbons (Fsp3) is 0.167. The van der Waals surface area contributed by atoms with Crippen molar-refractivity contribution >= 4 is 17.5 Å². The van der Waals surface area contributed by atoms with Gasteiger partial charge in [-0.2, -0.15) is 0 Å². The number of hydrogen-bond acceptors (Lipinski definition) is 5. The molecule has 0 amide bonds. The first kappa shape index (κ1) is 15.0. The van der Waals surface area contributed by atoms with E-state index in [2.05, 4.69) is 4.99 Å². The number of ether oxygens (including phenoxy) is 2. The fourth-order valence-corrected chi connectivity index (χ4v) is 2.41. The van der Waals surface area contributed by atoms with E-state index in [4.69, 9.17) is 9.47 Å². The molecule has 1 atom stereocenters. The zero-order chi connectivity index (χ0) is 16.4. The van der Waals surface area contributed by atoms with Crippen LogP contribution >= 0.6 is 0 Å². The molecule has 0 spiro atoms. The molecule has 1 unspecified atom stereocenters. The lowest BCUT2D eigenvalue weighted by atomic mass is 9.99. The number of benzene rings is 2. The van der Waals surface area contributed by atoms with Crippen LogP contribution in [0.15, 0.2) is 59.6 Å². The Bertz CT molecular complexity index is 780. The molecule has 0 N–H and O–H groups in total. The minimum absolute atomic E-state index is 0.366. The van der Waals surface area contributed by atoms with Crippen molar-refractivity contribution in [2.24, 2.45) is 4.99 Å². The smallest absolute Gasteiger partial charge is 0.310 e. The van der Waals surface area contributed by atoms with Crippen molar-refractivity contribution in [3.63, 3.8) is 0 Å². The van der Waals surface area contributed by atoms with Crippen LogP contribution in [-0.4, -0.2) is 30.3 Å². The summed E-state index contributed by atoms with van der Waals surface area (Å²) in [5.74, 6) is -0.279. The maximum Gasteiger partial charge on any atom is 0.310 e. The first-order valence-electron chi connectivity index (χ1n) is 7.11. The summed E-state index contributed by atoms with van der Waals surface area (Å²) in [4.78, 5) is 28.5. The lowest BCUT2D eigenvalue weighted by Crippen LogP contribution is -2.35. The van der Waals surface area contributed by atoms with Gasteiger partial charge >= 0.3 is 11.7 Å². The summed E-state index contributed by atoms with van der Waals surface area (Å²) in [6, 6.07) is 15.8. The topological polar surface area (TPSA) is 65.0 Å². The van der Waals surface area contributed by atoms with Crippen molar-refractivity contribution in [3.05, 3.63) is 65.7 Å². The third-order valence-electron chi connectivity index (χ3n) is 3.54. The Morgan fingerprint density at radius 1 is 1.00 bits per heavy atom. The van der Waals surface area contributed by atoms with E-state index in [1.54, 1.807) is 31.4 Å². The molecule has 3 rings (SSSR count). The van der Waals surface area contributed by atoms with Crippen molar-refractivity contribution in [2.75, 3.05) is 7.11 Å². The SMILES string of the molecule is COc1ccc(C(=O)C2(OC(C)=O)N=C2c2ccccc2)cc1. The Kier molecular flexibility index (Phi) is 3.70. The zero-order valence-corrected chi connectivity index (χ0v) is 12.8. The first-order valence-corrected chi connectivity index (χ1v) is 7.11. The van der Waals surface area contributed by atoms with Gasteiger partial charge in [-0.15, -0.1) is 0 Å². The van der Waals surface area contributed by atoms with E-state index in [1.165, 1.54) is 6.92 Å². The Morgan fingerprint density at radius 3 is 2.22 bits per heavy atom. The molecule has 0 aromatic heterocycles. The van der Waals surface area contributed by atoms with E-state index < -0.39 is 11.7 Å². The van der Waals surface area contributed by atoms with Crippen molar-refractivity contribution in [3.8, 4) is 5.75 Å². The second kappa shape index (κ2) is 5.68. The van der Waals surface area contributed by atoms with Crippen LogP contribution < -0.4 is 4.74 Å². The number of rotatable bonds is 5. The maximum absolute atomic E-state index is 12.8. The van der Waals surface area contributed by atoms with Crippen LogP contribution in [0.4, 0.5) is 0 Å². The van der Waals surface area contributed by atoms with Gasteiger partial charge in [0.05, 0.1) is 7.11 Å². The number of aliphatic imine (C=N–C) groups is 1. The number of carbonyl (C=O) groups is 2. The van der Waals surface area contributed by atoms with E-state index in [0.717, 1.165) is 5.56 Å². The molecule has 1 heterocycles. The molecule has 0 saturated carbocycles. The lowest BCUT2D eigenvalue weighted by molar-refractivity contribution is -0.145. The van der Waals surface area contributed by atoms with Crippen LogP contribution in [0.3, 0.4) is 0 Å². The van der Waals surface area contributed by atoms with Crippen LogP contribution in [0.25, 0.3) is 0 Å². The summed E-state index contributed by atoms with van der Waals surface area (Å²) in [7, 11) is 1.55. The molecule has 1 aliphatic heterocycles. The quantitative estimate of drug-likeness (QED) is 0.629. The highest BCUT2D eigenvalue weighted by molar-refractivity contribution is 6.33. The molecule has 5 nitrogen and oxygen atoms in total. The van der Waals surface area contributed by atoms with Crippen molar-refractivity contribution in [1.82, 2.24) is 0 Å². The lowest BCUT2D eigenvalue weighted by Gasteiger charge is -2.14. The molecule has 1 aliphatic rings. The average molecular weight is 309 g/mol. The predicted molar refractivity (Wildman–Crippen MR) is 84.8 cm³/mol. The molecule has 0 saturated heterocycles. The van der Waals surface area contributed by atoms with E-state index in [-0.39, 0.29) is 5.78 Å². The van der Waals surface area contributed by atoms with Crippen molar-refractivity contribution in [2.45, 2.75) is 12.6 Å². The van der Waals surface area contributed by atoms with Gasteiger partial charge in [-0.25, -0.2) is 4.99 Å². The van der Waals surface area contributed by atoms with E-state index in [9.17, 15) is 9.59 Å². The molecule has 5 heteroatoms. The Balaban J connectivity index is 1.91. The molecule has 116 valence electrons. The van der Waals surface area contributed by atoms with Crippen LogP contribution in [-0.2, 0) is 9.53 Å². The highest BCUT2D eigenvalue weighted by Gasteiger charge is 2.58. The number of nitrogens with zero attached hydrogens (tertiary/aromatic N) is 1. The van der Waals surface area contributed by atoms with Gasteiger partial charge in [-0.1, -0.05) is 30.3 Å². The molecule has 0 radical (unpaired) electrons. The summed E-state index contributed by atoms with van der Waals surface area (Å²) < 4.78 is 10.3. The molecule has 23 heavy (non-hydrogen) atoms. The predicted octanol–water partition coefficient (Wildman–Crippen LogP) is 2.64. The summed E-state index contributed by atoms with van der Waals surface area (Å²) in [6.07, 6.45) is 0. The number of methoxy groups -OCH3 is 1. The fourth-order valence-electron chi connectivity index (χ4n) is 2.41. The second-order valence-corrected chi connectivity index (χ2v) is 5.12. The Labute approximate surface area is 133 Å². The minimum Gasteiger partial charge on any atom is -0.497 e. The van der Waals surface area contributed by atoms with Gasteiger partial charge in [0.15, 0.2) is 0 Å². The molecule has 0 fully saturated rings. The molecular formula is C18H15NO4. The van der Waals surface area contributed by atoms with Crippen LogP contribution in [0.2, 0.25) is 0 Å². The highest BCUT2D eigenvalue weighted by Crippen LogP contribution is 2.37. The van der Waals surface area contributed by atoms with Gasteiger partial charge < -0.3 is 9.47 Å². The number of ketones is 1. The standard InChI is InChI=1S/C18H15NO4/c1-12(20)23-18(16(19-18)13-6-4-3-5-7-13)17(21)14-8-10-15(22-2)11-9-14/h3-11H,1-2H3. The summed E-state index contributed by atoms with van der Waals surface area (Å²) >= 11 is 0. The van der Waals surface area contributed by atoms with Gasteiger partial charge in [0.2, 0.25) is 5.78 Å². The van der Waals surface area contributed by atoms with E-state index >= 15 is 0 Å². The Morgan fingerprint density at radius 2 is 1.65 bits per heavy atom. The Hall–Kier alpha value is -2.95. The molecule has 0 bridgehead atoms. The number of Topliss-reactive ketones (excluding diaryl/α,β-unsaturated/α-hetero) is 1. The van der Waals surface area contributed by atoms with Gasteiger partial charge in [0, 0.05) is 18.1 Å². The van der Waals surface area contributed by atoms with Crippen molar-refractivity contribution in [1.29, 1.82) is 0 Å². The number of esters is 1. The van der Waals surface area contributed by atoms with Gasteiger partial charge in [-0.3, -0.25) is 9.59 Å². The van der Waals surface area contributed by atoms with Crippen LogP contribution in [0, 0.1) is 0 Å². The van der Waals surface area contributed by atoms with E-state index in [0.29, 0.717) is 17.0 Å². The molecular weight excluding hydrogens is 294 g/mol. The number of hydrogen-bond donors (Lipinski definition) is 0. The first-order chi connectivity index (χ1) is 11.1. The second-order valence-electron chi connectivity index (χ2n) is 5.12. The average Bonchev–Trinajstić information content (AvgIpc) is 3.29. The summed E-state index contributed by atoms with van der Waals surface area (Å²) in [5, 5.41) is 0. The highest BCUT2D eigenvalue weighted by atomic mass is 16.6. The summed E-state index contributed by atoms with van der Waals surface area (Å²) in [6.45, 7) is 1.26. The molecule has 2 aromatic carbocycles. The minimum atomic E-state index is -1.54. The summed E-state index contributed by atoms with van der Waals surface area (Å²) in [5.41, 5.74) is 0.0911. The third-order valence-corrected chi connectivity index (χ3v) is 3.54. The number of carbonyl (C=O) groups excluding carboxylic acids is 2. The zero-order valence-electron chi connectivity index (χ0n) is 12.8. The monoisotopic (exact) mass is 309 g/mol.